The summed E-state index contributed by atoms with van der Waals surface area (Å²) >= 11 is 0. The summed E-state index contributed by atoms with van der Waals surface area (Å²) in [5.74, 6) is 0.753. The fourth-order valence-corrected chi connectivity index (χ4v) is 5.37. The van der Waals surface area contributed by atoms with Crippen molar-refractivity contribution in [2.24, 2.45) is 12.8 Å². The maximum atomic E-state index is 13.1. The van der Waals surface area contributed by atoms with Crippen LogP contribution in [-0.4, -0.2) is 63.4 Å². The normalized spacial score (nSPS) is 17.8. The molecule has 1 amide bonds. The molecule has 2 aromatic heterocycles. The Hall–Kier alpha value is -3.23. The Kier molecular flexibility index (Phi) is 5.19. The molecule has 1 aliphatic carbocycles. The molecule has 0 saturated heterocycles. The summed E-state index contributed by atoms with van der Waals surface area (Å²) in [6, 6.07) is 13.9. The third-order valence-corrected chi connectivity index (χ3v) is 7.65. The van der Waals surface area contributed by atoms with Gasteiger partial charge in [0.1, 0.15) is 6.67 Å². The van der Waals surface area contributed by atoms with Gasteiger partial charge in [0, 0.05) is 43.7 Å². The van der Waals surface area contributed by atoms with E-state index >= 15 is 0 Å². The summed E-state index contributed by atoms with van der Waals surface area (Å²) in [5, 5.41) is 1.16. The molecule has 0 bridgehead atoms. The number of methoxy groups -OCH3 is 1. The highest BCUT2D eigenvalue weighted by Crippen LogP contribution is 2.43. The van der Waals surface area contributed by atoms with Crippen LogP contribution in [0, 0.1) is 0 Å². The standard InChI is InChI=1S/C27H30FN5O2/c1-31-23-11-17-7-10-32(15-19(29)14-28)26(34)20(17)13-21(23)30-25(31)24-12-18-5-3-4-6-22(18)33(24)16-27(35-2)8-9-27/h3-6,11-13,19H,7-10,14-16,29H2,1-2H3. The number of alkyl halides is 1. The fraction of sp³-hybridized carbons (Fsp3) is 0.407. The molecule has 2 N–H and O–H groups in total. The number of nitrogens with zero attached hydrogens (tertiary/aromatic N) is 4. The van der Waals surface area contributed by atoms with Gasteiger partial charge in [0.25, 0.3) is 5.91 Å². The van der Waals surface area contributed by atoms with E-state index in [1.807, 2.05) is 13.1 Å². The smallest absolute Gasteiger partial charge is 0.254 e. The van der Waals surface area contributed by atoms with Crippen LogP contribution in [0.3, 0.4) is 0 Å². The molecule has 0 radical (unpaired) electrons. The Morgan fingerprint density at radius 1 is 1.20 bits per heavy atom. The Balaban J connectivity index is 1.45. The average Bonchev–Trinajstić information content (AvgIpc) is 3.47. The molecule has 1 aliphatic heterocycles. The molecule has 35 heavy (non-hydrogen) atoms. The summed E-state index contributed by atoms with van der Waals surface area (Å²) in [4.78, 5) is 19.8. The van der Waals surface area contributed by atoms with Gasteiger partial charge in [0.15, 0.2) is 5.82 Å². The summed E-state index contributed by atoms with van der Waals surface area (Å²) in [5.41, 5.74) is 11.3. The van der Waals surface area contributed by atoms with Crippen LogP contribution in [0.1, 0.15) is 28.8 Å². The summed E-state index contributed by atoms with van der Waals surface area (Å²) in [6.07, 6.45) is 2.82. The van der Waals surface area contributed by atoms with Crippen LogP contribution in [-0.2, 0) is 24.8 Å². The quantitative estimate of drug-likeness (QED) is 0.442. The molecule has 4 aromatic rings. The molecule has 3 heterocycles. The number of nitrogens with two attached hydrogens (primary N) is 1. The Bertz CT molecular complexity index is 1450. The zero-order valence-corrected chi connectivity index (χ0v) is 20.1. The second-order valence-electron chi connectivity index (χ2n) is 9.97. The number of halogens is 1. The van der Waals surface area contributed by atoms with Gasteiger partial charge >= 0.3 is 0 Å². The number of para-hydroxylation sites is 1. The highest BCUT2D eigenvalue weighted by Gasteiger charge is 2.44. The topological polar surface area (TPSA) is 78.3 Å². The first-order valence-corrected chi connectivity index (χ1v) is 12.2. The number of carbonyl (C=O) groups excluding carboxylic acids is 1. The number of hydrogen-bond acceptors (Lipinski definition) is 4. The molecule has 182 valence electrons. The van der Waals surface area contributed by atoms with E-state index in [1.54, 1.807) is 12.0 Å². The van der Waals surface area contributed by atoms with Crippen molar-refractivity contribution in [1.29, 1.82) is 0 Å². The number of aromatic nitrogens is 3. The van der Waals surface area contributed by atoms with Crippen molar-refractivity contribution in [2.45, 2.75) is 37.5 Å². The van der Waals surface area contributed by atoms with Gasteiger partial charge in [-0.1, -0.05) is 18.2 Å². The number of carbonyl (C=O) groups is 1. The lowest BCUT2D eigenvalue weighted by molar-refractivity contribution is 0.0665. The van der Waals surface area contributed by atoms with E-state index < -0.39 is 12.7 Å². The van der Waals surface area contributed by atoms with Crippen LogP contribution < -0.4 is 5.73 Å². The van der Waals surface area contributed by atoms with E-state index in [4.69, 9.17) is 15.5 Å². The van der Waals surface area contributed by atoms with Crippen LogP contribution in [0.25, 0.3) is 33.5 Å². The van der Waals surface area contributed by atoms with Gasteiger partial charge in [-0.3, -0.25) is 4.79 Å². The fourth-order valence-electron chi connectivity index (χ4n) is 5.37. The molecular formula is C27H30FN5O2. The minimum absolute atomic E-state index is 0.103. The Labute approximate surface area is 203 Å². The number of hydrogen-bond donors (Lipinski definition) is 1. The monoisotopic (exact) mass is 475 g/mol. The first kappa shape index (κ1) is 22.2. The Morgan fingerprint density at radius 3 is 2.74 bits per heavy atom. The lowest BCUT2D eigenvalue weighted by Crippen LogP contribution is -2.45. The number of fused-ring (bicyclic) bond motifs is 3. The van der Waals surface area contributed by atoms with Crippen molar-refractivity contribution in [3.8, 4) is 11.5 Å². The van der Waals surface area contributed by atoms with E-state index in [1.165, 1.54) is 0 Å². The van der Waals surface area contributed by atoms with Crippen molar-refractivity contribution < 1.29 is 13.9 Å². The highest BCUT2D eigenvalue weighted by atomic mass is 19.1. The van der Waals surface area contributed by atoms with E-state index in [2.05, 4.69) is 45.5 Å². The maximum absolute atomic E-state index is 13.1. The van der Waals surface area contributed by atoms with Gasteiger partial charge < -0.3 is 24.5 Å². The van der Waals surface area contributed by atoms with E-state index in [0.717, 1.165) is 58.4 Å². The van der Waals surface area contributed by atoms with Gasteiger partial charge in [-0.25, -0.2) is 9.37 Å². The lowest BCUT2D eigenvalue weighted by atomic mass is 9.97. The molecule has 1 atom stereocenters. The molecule has 1 fully saturated rings. The van der Waals surface area contributed by atoms with Crippen molar-refractivity contribution in [1.82, 2.24) is 19.0 Å². The molecule has 2 aromatic carbocycles. The van der Waals surface area contributed by atoms with Crippen LogP contribution in [0.5, 0.6) is 0 Å². The molecule has 1 unspecified atom stereocenters. The largest absolute Gasteiger partial charge is 0.376 e. The average molecular weight is 476 g/mol. The first-order chi connectivity index (χ1) is 16.9. The van der Waals surface area contributed by atoms with E-state index in [9.17, 15) is 9.18 Å². The van der Waals surface area contributed by atoms with Crippen molar-refractivity contribution in [3.05, 3.63) is 53.6 Å². The SMILES string of the molecule is COC1(Cn2c(-c3nc4cc5c(cc4n3C)CCN(CC(N)CF)C5=O)cc3ccccc32)CC1. The van der Waals surface area contributed by atoms with Crippen LogP contribution in [0.2, 0.25) is 0 Å². The molecule has 7 nitrogen and oxygen atoms in total. The highest BCUT2D eigenvalue weighted by molar-refractivity contribution is 6.00. The molecule has 1 saturated carbocycles. The lowest BCUT2D eigenvalue weighted by Gasteiger charge is -2.30. The first-order valence-electron chi connectivity index (χ1n) is 12.2. The Morgan fingerprint density at radius 2 is 2.00 bits per heavy atom. The molecule has 2 aliphatic rings. The second kappa shape index (κ2) is 8.17. The number of aryl methyl sites for hydroxylation is 1. The van der Waals surface area contributed by atoms with Gasteiger partial charge in [-0.15, -0.1) is 0 Å². The van der Waals surface area contributed by atoms with E-state index in [-0.39, 0.29) is 18.1 Å². The van der Waals surface area contributed by atoms with Gasteiger partial charge in [-0.05, 0) is 49.1 Å². The minimum Gasteiger partial charge on any atom is -0.376 e. The predicted octanol–water partition coefficient (Wildman–Crippen LogP) is 3.67. The van der Waals surface area contributed by atoms with Gasteiger partial charge in [0.05, 0.1) is 34.9 Å². The van der Waals surface area contributed by atoms with E-state index in [0.29, 0.717) is 18.5 Å². The zero-order valence-electron chi connectivity index (χ0n) is 20.1. The molecule has 8 heteroatoms. The minimum atomic E-state index is -0.658. The van der Waals surface area contributed by atoms with Crippen molar-refractivity contribution >= 4 is 27.8 Å². The third kappa shape index (κ3) is 3.63. The number of benzene rings is 2. The van der Waals surface area contributed by atoms with Crippen molar-refractivity contribution in [3.63, 3.8) is 0 Å². The van der Waals surface area contributed by atoms with Crippen LogP contribution in [0.15, 0.2) is 42.5 Å². The molecule has 0 spiro atoms. The van der Waals surface area contributed by atoms with Crippen LogP contribution >= 0.6 is 0 Å². The van der Waals surface area contributed by atoms with Crippen molar-refractivity contribution in [2.75, 3.05) is 26.9 Å². The molecular weight excluding hydrogens is 445 g/mol. The number of rotatable bonds is 7. The maximum Gasteiger partial charge on any atom is 0.254 e. The number of imidazole rings is 1. The number of amides is 1. The van der Waals surface area contributed by atoms with Gasteiger partial charge in [-0.2, -0.15) is 0 Å². The van der Waals surface area contributed by atoms with Crippen LogP contribution in [0.4, 0.5) is 4.39 Å². The third-order valence-electron chi connectivity index (χ3n) is 7.65. The molecule has 6 rings (SSSR count). The summed E-state index contributed by atoms with van der Waals surface area (Å²) in [7, 11) is 3.82. The zero-order chi connectivity index (χ0) is 24.3. The van der Waals surface area contributed by atoms with Gasteiger partial charge in [0.2, 0.25) is 0 Å². The number of ether oxygens (including phenoxy) is 1. The second-order valence-corrected chi connectivity index (χ2v) is 9.97. The summed E-state index contributed by atoms with van der Waals surface area (Å²) < 4.78 is 23.2. The summed E-state index contributed by atoms with van der Waals surface area (Å²) in [6.45, 7) is 0.899. The predicted molar refractivity (Wildman–Crippen MR) is 134 cm³/mol.